The fourth-order valence-corrected chi connectivity index (χ4v) is 3.26. The quantitative estimate of drug-likeness (QED) is 0.835. The first-order chi connectivity index (χ1) is 9.69. The highest BCUT2D eigenvalue weighted by molar-refractivity contribution is 5.02. The molecule has 1 saturated carbocycles. The minimum atomic E-state index is 0.176. The number of methoxy groups -OCH3 is 1. The molecule has 1 aliphatic carbocycles. The number of nitrogens with two attached hydrogens (primary N) is 1. The van der Waals surface area contributed by atoms with E-state index in [4.69, 9.17) is 15.6 Å². The lowest BCUT2D eigenvalue weighted by Gasteiger charge is -2.22. The highest BCUT2D eigenvalue weighted by atomic mass is 16.5. The summed E-state index contributed by atoms with van der Waals surface area (Å²) < 4.78 is 7.33. The molecule has 1 aromatic rings. The Morgan fingerprint density at radius 2 is 2.15 bits per heavy atom. The van der Waals surface area contributed by atoms with Gasteiger partial charge in [0, 0.05) is 32.4 Å². The minimum Gasteiger partial charge on any atom is -0.384 e. The third kappa shape index (κ3) is 4.60. The van der Waals surface area contributed by atoms with Crippen molar-refractivity contribution >= 4 is 0 Å². The highest BCUT2D eigenvalue weighted by Gasteiger charge is 2.17. The molecule has 1 heterocycles. The molecule has 1 aromatic heterocycles. The van der Waals surface area contributed by atoms with Gasteiger partial charge in [-0.1, -0.05) is 26.2 Å². The summed E-state index contributed by atoms with van der Waals surface area (Å²) in [6.07, 6.45) is 10.6. The van der Waals surface area contributed by atoms with Gasteiger partial charge in [-0.25, -0.2) is 0 Å². The van der Waals surface area contributed by atoms with Gasteiger partial charge in [0.2, 0.25) is 0 Å². The molecule has 4 nitrogen and oxygen atoms in total. The summed E-state index contributed by atoms with van der Waals surface area (Å²) >= 11 is 0. The second-order valence-corrected chi connectivity index (χ2v) is 6.34. The van der Waals surface area contributed by atoms with E-state index in [2.05, 4.69) is 23.9 Å². The molecule has 0 aliphatic heterocycles. The molecule has 2 unspecified atom stereocenters. The normalized spacial score (nSPS) is 19.9. The van der Waals surface area contributed by atoms with E-state index in [-0.39, 0.29) is 6.04 Å². The van der Waals surface area contributed by atoms with E-state index in [9.17, 15) is 0 Å². The van der Waals surface area contributed by atoms with Gasteiger partial charge < -0.3 is 10.5 Å². The maximum atomic E-state index is 6.22. The predicted octanol–water partition coefficient (Wildman–Crippen LogP) is 2.93. The Morgan fingerprint density at radius 1 is 1.40 bits per heavy atom. The van der Waals surface area contributed by atoms with Gasteiger partial charge in [0.25, 0.3) is 0 Å². The maximum absolute atomic E-state index is 6.22. The molecular formula is C16H29N3O. The van der Waals surface area contributed by atoms with Crippen LogP contribution in [0.15, 0.2) is 12.3 Å². The highest BCUT2D eigenvalue weighted by Crippen LogP contribution is 2.27. The molecule has 0 radical (unpaired) electrons. The summed E-state index contributed by atoms with van der Waals surface area (Å²) in [5, 5.41) is 4.73. The topological polar surface area (TPSA) is 53.1 Å². The summed E-state index contributed by atoms with van der Waals surface area (Å²) in [5.41, 5.74) is 7.35. The van der Waals surface area contributed by atoms with Crippen molar-refractivity contribution in [2.45, 2.75) is 64.0 Å². The van der Waals surface area contributed by atoms with Gasteiger partial charge in [-0.15, -0.1) is 0 Å². The molecule has 2 atom stereocenters. The van der Waals surface area contributed by atoms with Crippen LogP contribution in [0.3, 0.4) is 0 Å². The summed E-state index contributed by atoms with van der Waals surface area (Å²) in [6.45, 7) is 2.97. The molecule has 1 aliphatic rings. The number of hydrogen-bond donors (Lipinski definition) is 1. The van der Waals surface area contributed by atoms with Crippen LogP contribution in [0.4, 0.5) is 0 Å². The lowest BCUT2D eigenvalue weighted by molar-refractivity contribution is 0.152. The Balaban J connectivity index is 1.82. The first kappa shape index (κ1) is 15.5. The standard InChI is InChI=1S/C16H29N3O/c1-13(12-20-2)10-14(17)11-15-8-9-19(18-15)16-6-4-3-5-7-16/h8-9,13-14,16H,3-7,10-12,17H2,1-2H3. The second kappa shape index (κ2) is 7.79. The van der Waals surface area contributed by atoms with E-state index < -0.39 is 0 Å². The average Bonchev–Trinajstić information content (AvgIpc) is 2.88. The van der Waals surface area contributed by atoms with Crippen LogP contribution in [-0.4, -0.2) is 29.5 Å². The molecule has 0 saturated heterocycles. The zero-order valence-electron chi connectivity index (χ0n) is 12.9. The number of nitrogens with zero attached hydrogens (tertiary/aromatic N) is 2. The Morgan fingerprint density at radius 3 is 2.85 bits per heavy atom. The van der Waals surface area contributed by atoms with E-state index in [1.807, 2.05) is 0 Å². The molecule has 1 fully saturated rings. The molecule has 20 heavy (non-hydrogen) atoms. The van der Waals surface area contributed by atoms with E-state index in [0.29, 0.717) is 12.0 Å². The van der Waals surface area contributed by atoms with Crippen LogP contribution >= 0.6 is 0 Å². The van der Waals surface area contributed by atoms with Crippen molar-refractivity contribution in [3.8, 4) is 0 Å². The van der Waals surface area contributed by atoms with Gasteiger partial charge in [-0.2, -0.15) is 5.10 Å². The smallest absolute Gasteiger partial charge is 0.0640 e. The van der Waals surface area contributed by atoms with Crippen molar-refractivity contribution in [2.75, 3.05) is 13.7 Å². The van der Waals surface area contributed by atoms with Gasteiger partial charge in [-0.05, 0) is 31.2 Å². The number of rotatable bonds is 7. The van der Waals surface area contributed by atoms with Crippen molar-refractivity contribution < 1.29 is 4.74 Å². The summed E-state index contributed by atoms with van der Waals surface area (Å²) in [7, 11) is 1.74. The Kier molecular flexibility index (Phi) is 6.05. The van der Waals surface area contributed by atoms with Crippen molar-refractivity contribution in [1.29, 1.82) is 0 Å². The van der Waals surface area contributed by atoms with Crippen LogP contribution in [0, 0.1) is 5.92 Å². The van der Waals surface area contributed by atoms with Crippen LogP contribution in [0.25, 0.3) is 0 Å². The lowest BCUT2D eigenvalue weighted by atomic mass is 9.96. The zero-order chi connectivity index (χ0) is 14.4. The van der Waals surface area contributed by atoms with Crippen molar-refractivity contribution in [2.24, 2.45) is 11.7 Å². The molecule has 0 aromatic carbocycles. The fraction of sp³-hybridized carbons (Fsp3) is 0.812. The lowest BCUT2D eigenvalue weighted by Crippen LogP contribution is -2.27. The summed E-state index contributed by atoms with van der Waals surface area (Å²) in [5.74, 6) is 0.510. The molecule has 2 rings (SSSR count). The van der Waals surface area contributed by atoms with Crippen LogP contribution in [-0.2, 0) is 11.2 Å². The fourth-order valence-electron chi connectivity index (χ4n) is 3.26. The first-order valence-corrected chi connectivity index (χ1v) is 7.97. The van der Waals surface area contributed by atoms with E-state index in [1.54, 1.807) is 7.11 Å². The van der Waals surface area contributed by atoms with Gasteiger partial charge in [0.05, 0.1) is 11.7 Å². The molecule has 2 N–H and O–H groups in total. The van der Waals surface area contributed by atoms with Gasteiger partial charge in [0.15, 0.2) is 0 Å². The summed E-state index contributed by atoms with van der Waals surface area (Å²) in [4.78, 5) is 0. The maximum Gasteiger partial charge on any atom is 0.0640 e. The van der Waals surface area contributed by atoms with Gasteiger partial charge >= 0.3 is 0 Å². The SMILES string of the molecule is COCC(C)CC(N)Cc1ccn(C2CCCCC2)n1. The average molecular weight is 279 g/mol. The van der Waals surface area contributed by atoms with Crippen LogP contribution < -0.4 is 5.73 Å². The molecule has 0 amide bonds. The van der Waals surface area contributed by atoms with Crippen LogP contribution in [0.2, 0.25) is 0 Å². The van der Waals surface area contributed by atoms with Crippen molar-refractivity contribution in [1.82, 2.24) is 9.78 Å². The Bertz CT molecular complexity index is 385. The largest absolute Gasteiger partial charge is 0.384 e. The number of ether oxygens (including phenoxy) is 1. The van der Waals surface area contributed by atoms with Crippen molar-refractivity contribution in [3.63, 3.8) is 0 Å². The molecule has 114 valence electrons. The van der Waals surface area contributed by atoms with Crippen LogP contribution in [0.5, 0.6) is 0 Å². The minimum absolute atomic E-state index is 0.176. The van der Waals surface area contributed by atoms with E-state index in [1.165, 1.54) is 32.1 Å². The third-order valence-corrected chi connectivity index (χ3v) is 4.24. The zero-order valence-corrected chi connectivity index (χ0v) is 12.9. The summed E-state index contributed by atoms with van der Waals surface area (Å²) in [6, 6.07) is 2.92. The first-order valence-electron chi connectivity index (χ1n) is 7.97. The van der Waals surface area contributed by atoms with Crippen molar-refractivity contribution in [3.05, 3.63) is 18.0 Å². The monoisotopic (exact) mass is 279 g/mol. The van der Waals surface area contributed by atoms with Gasteiger partial charge in [0.1, 0.15) is 0 Å². The predicted molar refractivity (Wildman–Crippen MR) is 81.7 cm³/mol. The Hall–Kier alpha value is -0.870. The van der Waals surface area contributed by atoms with E-state index in [0.717, 1.165) is 25.1 Å². The third-order valence-electron chi connectivity index (χ3n) is 4.24. The Labute approximate surface area is 122 Å². The second-order valence-electron chi connectivity index (χ2n) is 6.34. The number of hydrogen-bond acceptors (Lipinski definition) is 3. The molecule has 0 spiro atoms. The molecular weight excluding hydrogens is 250 g/mol. The number of aromatic nitrogens is 2. The van der Waals surface area contributed by atoms with Gasteiger partial charge in [-0.3, -0.25) is 4.68 Å². The molecule has 4 heteroatoms. The van der Waals surface area contributed by atoms with Crippen LogP contribution in [0.1, 0.15) is 57.2 Å². The van der Waals surface area contributed by atoms with E-state index >= 15 is 0 Å². The molecule has 0 bridgehead atoms.